The van der Waals surface area contributed by atoms with E-state index in [1.165, 1.54) is 0 Å². The number of aromatic nitrogens is 4. The highest BCUT2D eigenvalue weighted by atomic mass is 32.2. The zero-order valence-electron chi connectivity index (χ0n) is 18.3. The number of aryl methyl sites for hydroxylation is 3. The van der Waals surface area contributed by atoms with Gasteiger partial charge < -0.3 is 0 Å². The zero-order valence-corrected chi connectivity index (χ0v) is 19.9. The van der Waals surface area contributed by atoms with E-state index in [4.69, 9.17) is 5.10 Å². The fourth-order valence-corrected chi connectivity index (χ4v) is 5.71. The molecule has 5 aromatic rings. The highest BCUT2D eigenvalue weighted by Crippen LogP contribution is 2.27. The largest absolute Gasteiger partial charge is 0.280 e. The smallest absolute Gasteiger partial charge is 0.262 e. The monoisotopic (exact) mass is 475 g/mol. The topological polar surface area (TPSA) is 89.2 Å². The van der Waals surface area contributed by atoms with Gasteiger partial charge in [-0.05, 0) is 79.2 Å². The maximum atomic E-state index is 13.0. The van der Waals surface area contributed by atoms with Crippen molar-refractivity contribution in [2.75, 3.05) is 4.72 Å². The predicted molar refractivity (Wildman–Crippen MR) is 131 cm³/mol. The van der Waals surface area contributed by atoms with E-state index in [1.54, 1.807) is 41.0 Å². The molecule has 0 aliphatic rings. The van der Waals surface area contributed by atoms with Crippen molar-refractivity contribution < 1.29 is 8.42 Å². The zero-order chi connectivity index (χ0) is 23.2. The number of nitrogens with one attached hydrogen (secondary N) is 1. The Morgan fingerprint density at radius 1 is 0.879 bits per heavy atom. The Kier molecular flexibility index (Phi) is 5.22. The molecule has 7 nitrogen and oxygen atoms in total. The molecular formula is C24H21N5O2S2. The van der Waals surface area contributed by atoms with Gasteiger partial charge in [0, 0.05) is 11.3 Å². The SMILES string of the molecule is Cc1cc(C)c(S(=O)(=O)Nc2ccc(-c3ccc4nnc(-c5cccs5)n4n3)cc2)cc1C. The van der Waals surface area contributed by atoms with E-state index in [-0.39, 0.29) is 4.90 Å². The summed E-state index contributed by atoms with van der Waals surface area (Å²) < 4.78 is 30.3. The number of nitrogens with zero attached hydrogens (tertiary/aromatic N) is 4. The average Bonchev–Trinajstić information content (AvgIpc) is 3.45. The summed E-state index contributed by atoms with van der Waals surface area (Å²) in [6.07, 6.45) is 0. The highest BCUT2D eigenvalue weighted by molar-refractivity contribution is 7.92. The van der Waals surface area contributed by atoms with Crippen LogP contribution >= 0.6 is 11.3 Å². The third-order valence-corrected chi connectivity index (χ3v) is 7.91. The molecule has 0 aliphatic heterocycles. The predicted octanol–water partition coefficient (Wildman–Crippen LogP) is 5.25. The Labute approximate surface area is 195 Å². The summed E-state index contributed by atoms with van der Waals surface area (Å²) in [5.74, 6) is 0.690. The quantitative estimate of drug-likeness (QED) is 0.375. The standard InChI is InChI=1S/C24H21N5O2S2/c1-15-13-17(3)22(14-16(15)2)33(30,31)28-19-8-6-18(7-9-19)20-10-11-23-25-26-24(29(23)27-20)21-5-4-12-32-21/h4-14,28H,1-3H3. The number of benzene rings is 2. The first-order valence-corrected chi connectivity index (χ1v) is 12.7. The van der Waals surface area contributed by atoms with E-state index in [0.717, 1.165) is 32.8 Å². The Morgan fingerprint density at radius 3 is 2.36 bits per heavy atom. The van der Waals surface area contributed by atoms with E-state index in [9.17, 15) is 8.42 Å². The molecule has 33 heavy (non-hydrogen) atoms. The summed E-state index contributed by atoms with van der Waals surface area (Å²) in [5, 5.41) is 15.1. The number of fused-ring (bicyclic) bond motifs is 1. The molecule has 0 radical (unpaired) electrons. The van der Waals surface area contributed by atoms with Crippen molar-refractivity contribution in [3.63, 3.8) is 0 Å². The number of rotatable bonds is 5. The van der Waals surface area contributed by atoms with Gasteiger partial charge in [-0.3, -0.25) is 4.72 Å². The van der Waals surface area contributed by atoms with Gasteiger partial charge in [0.25, 0.3) is 10.0 Å². The minimum Gasteiger partial charge on any atom is -0.280 e. The Balaban J connectivity index is 1.44. The fraction of sp³-hybridized carbons (Fsp3) is 0.125. The van der Waals surface area contributed by atoms with Gasteiger partial charge in [0.2, 0.25) is 0 Å². The van der Waals surface area contributed by atoms with Crippen molar-refractivity contribution >= 4 is 32.7 Å². The summed E-state index contributed by atoms with van der Waals surface area (Å²) in [6.45, 7) is 5.69. The number of anilines is 1. The van der Waals surface area contributed by atoms with Crippen molar-refractivity contribution in [2.24, 2.45) is 0 Å². The van der Waals surface area contributed by atoms with Crippen LogP contribution in [0.3, 0.4) is 0 Å². The van der Waals surface area contributed by atoms with Gasteiger partial charge >= 0.3 is 0 Å². The molecule has 0 amide bonds. The number of hydrogen-bond acceptors (Lipinski definition) is 6. The summed E-state index contributed by atoms with van der Waals surface area (Å²) in [5.41, 5.74) is 5.46. The van der Waals surface area contributed by atoms with Gasteiger partial charge in [0.1, 0.15) is 0 Å². The summed E-state index contributed by atoms with van der Waals surface area (Å²) in [4.78, 5) is 1.27. The molecule has 0 atom stereocenters. The third-order valence-electron chi connectivity index (χ3n) is 5.52. The van der Waals surface area contributed by atoms with Crippen LogP contribution in [0.15, 0.2) is 70.9 Å². The number of thiophene rings is 1. The van der Waals surface area contributed by atoms with Crippen LogP contribution in [-0.2, 0) is 10.0 Å². The fourth-order valence-electron chi connectivity index (χ4n) is 3.64. The first kappa shape index (κ1) is 21.3. The molecule has 3 aromatic heterocycles. The Morgan fingerprint density at radius 2 is 1.64 bits per heavy atom. The van der Waals surface area contributed by atoms with Crippen molar-refractivity contribution in [2.45, 2.75) is 25.7 Å². The lowest BCUT2D eigenvalue weighted by Crippen LogP contribution is -2.14. The minimum atomic E-state index is -3.70. The summed E-state index contributed by atoms with van der Waals surface area (Å²) in [7, 11) is -3.70. The second-order valence-electron chi connectivity index (χ2n) is 7.87. The minimum absolute atomic E-state index is 0.288. The molecule has 9 heteroatoms. The van der Waals surface area contributed by atoms with Crippen molar-refractivity contribution in [1.82, 2.24) is 19.8 Å². The number of sulfonamides is 1. The second kappa shape index (κ2) is 8.09. The van der Waals surface area contributed by atoms with Crippen LogP contribution in [0.2, 0.25) is 0 Å². The first-order chi connectivity index (χ1) is 15.8. The number of hydrogen-bond donors (Lipinski definition) is 1. The van der Waals surface area contributed by atoms with E-state index in [0.29, 0.717) is 17.2 Å². The molecule has 0 bridgehead atoms. The molecule has 0 saturated carbocycles. The van der Waals surface area contributed by atoms with Crippen molar-refractivity contribution in [3.05, 3.63) is 82.7 Å². The van der Waals surface area contributed by atoms with Crippen LogP contribution < -0.4 is 4.72 Å². The van der Waals surface area contributed by atoms with Crippen molar-refractivity contribution in [1.29, 1.82) is 0 Å². The van der Waals surface area contributed by atoms with Crippen molar-refractivity contribution in [3.8, 4) is 22.0 Å². The van der Waals surface area contributed by atoms with E-state index in [1.807, 2.05) is 61.7 Å². The Hall–Kier alpha value is -3.56. The van der Waals surface area contributed by atoms with Crippen LogP contribution in [0.5, 0.6) is 0 Å². The van der Waals surface area contributed by atoms with E-state index < -0.39 is 10.0 Å². The first-order valence-electron chi connectivity index (χ1n) is 10.3. The van der Waals surface area contributed by atoms with E-state index in [2.05, 4.69) is 14.9 Å². The van der Waals surface area contributed by atoms with Gasteiger partial charge in [-0.2, -0.15) is 9.61 Å². The van der Waals surface area contributed by atoms with Crippen LogP contribution in [0, 0.1) is 20.8 Å². The van der Waals surface area contributed by atoms with Gasteiger partial charge in [-0.15, -0.1) is 21.5 Å². The van der Waals surface area contributed by atoms with Crippen LogP contribution in [0.1, 0.15) is 16.7 Å². The van der Waals surface area contributed by atoms with Crippen LogP contribution in [0.25, 0.3) is 27.6 Å². The maximum Gasteiger partial charge on any atom is 0.262 e. The Bertz CT molecular complexity index is 1570. The van der Waals surface area contributed by atoms with Crippen LogP contribution in [0.4, 0.5) is 5.69 Å². The molecule has 0 saturated heterocycles. The molecule has 1 N–H and O–H groups in total. The summed E-state index contributed by atoms with van der Waals surface area (Å²) >= 11 is 1.58. The maximum absolute atomic E-state index is 13.0. The lowest BCUT2D eigenvalue weighted by molar-refractivity contribution is 0.600. The molecule has 0 aliphatic carbocycles. The van der Waals surface area contributed by atoms with Gasteiger partial charge in [-0.25, -0.2) is 8.42 Å². The van der Waals surface area contributed by atoms with Gasteiger partial charge in [0.05, 0.1) is 15.5 Å². The molecule has 0 unspecified atom stereocenters. The molecule has 166 valence electrons. The molecule has 2 aromatic carbocycles. The summed E-state index contributed by atoms with van der Waals surface area (Å²) in [6, 6.07) is 18.4. The third kappa shape index (κ3) is 4.01. The molecule has 0 fully saturated rings. The van der Waals surface area contributed by atoms with Gasteiger partial charge in [0.15, 0.2) is 11.5 Å². The van der Waals surface area contributed by atoms with Gasteiger partial charge in [-0.1, -0.05) is 24.3 Å². The molecule has 5 rings (SSSR count). The molecular weight excluding hydrogens is 454 g/mol. The van der Waals surface area contributed by atoms with E-state index >= 15 is 0 Å². The molecule has 3 heterocycles. The molecule has 0 spiro atoms. The normalized spacial score (nSPS) is 11.7. The second-order valence-corrected chi connectivity index (χ2v) is 10.5. The lowest BCUT2D eigenvalue weighted by Gasteiger charge is -2.13. The highest BCUT2D eigenvalue weighted by Gasteiger charge is 2.18. The van der Waals surface area contributed by atoms with Crippen LogP contribution in [-0.4, -0.2) is 28.2 Å². The lowest BCUT2D eigenvalue weighted by atomic mass is 10.1. The average molecular weight is 476 g/mol.